The second-order valence-corrected chi connectivity index (χ2v) is 9.72. The Balaban J connectivity index is 0. The smallest absolute Gasteiger partial charge is 0.748 e. The average Bonchev–Trinajstić information content (AvgIpc) is 2.62. The van der Waals surface area contributed by atoms with Crippen LogP contribution in [-0.4, -0.2) is 29.9 Å². The van der Waals surface area contributed by atoms with Crippen LogP contribution in [-0.2, 0) is 10.1 Å². The molecule has 6 heteroatoms. The van der Waals surface area contributed by atoms with Gasteiger partial charge in [-0.25, -0.2) is 8.42 Å². The second kappa shape index (κ2) is 23.2. The van der Waals surface area contributed by atoms with Crippen LogP contribution in [0.3, 0.4) is 0 Å². The zero-order valence-corrected chi connectivity index (χ0v) is 22.7. The standard InChI is InChI=1S/C22H46O4S.K/c1-2-3-4-5-6-7-8-10-13-16-19-22(27(24,25)26)20-17-14-11-9-12-15-18-21-23;/h22-23H,2-21H2,1H3,(H,24,25,26);/q;+1/p-1. The Kier molecular flexibility index (Phi) is 26.2. The second-order valence-electron chi connectivity index (χ2n) is 8.07. The first-order chi connectivity index (χ1) is 13.0. The van der Waals surface area contributed by atoms with Gasteiger partial charge < -0.3 is 9.66 Å². The van der Waals surface area contributed by atoms with Crippen LogP contribution in [0.25, 0.3) is 0 Å². The largest absolute Gasteiger partial charge is 1.00 e. The number of aliphatic hydroxyl groups excluding tert-OH is 1. The Hall–Kier alpha value is 1.51. The molecule has 4 nitrogen and oxygen atoms in total. The van der Waals surface area contributed by atoms with Gasteiger partial charge in [0, 0.05) is 11.9 Å². The first kappa shape index (κ1) is 31.7. The number of hydrogen-bond donors (Lipinski definition) is 1. The minimum absolute atomic E-state index is 0. The molecule has 1 atom stereocenters. The molecule has 0 radical (unpaired) electrons. The molecule has 0 aliphatic carbocycles. The summed E-state index contributed by atoms with van der Waals surface area (Å²) in [5.74, 6) is 0. The summed E-state index contributed by atoms with van der Waals surface area (Å²) in [7, 11) is -4.16. The first-order valence-corrected chi connectivity index (χ1v) is 13.0. The fraction of sp³-hybridized carbons (Fsp3) is 1.00. The van der Waals surface area contributed by atoms with E-state index < -0.39 is 15.4 Å². The molecular weight excluding hydrogens is 399 g/mol. The van der Waals surface area contributed by atoms with Crippen molar-refractivity contribution < 1.29 is 69.5 Å². The molecule has 0 saturated heterocycles. The minimum atomic E-state index is -4.16. The maximum atomic E-state index is 11.5. The van der Waals surface area contributed by atoms with E-state index in [9.17, 15) is 13.0 Å². The van der Waals surface area contributed by atoms with E-state index in [4.69, 9.17) is 5.11 Å². The normalized spacial score (nSPS) is 12.7. The molecule has 0 fully saturated rings. The molecule has 28 heavy (non-hydrogen) atoms. The van der Waals surface area contributed by atoms with Gasteiger partial charge in [0.2, 0.25) is 0 Å². The molecule has 0 amide bonds. The van der Waals surface area contributed by atoms with Gasteiger partial charge in [0.15, 0.2) is 0 Å². The van der Waals surface area contributed by atoms with E-state index in [-0.39, 0.29) is 58.0 Å². The van der Waals surface area contributed by atoms with Crippen molar-refractivity contribution in [2.45, 2.75) is 134 Å². The van der Waals surface area contributed by atoms with E-state index >= 15 is 0 Å². The van der Waals surface area contributed by atoms with Crippen LogP contribution < -0.4 is 51.4 Å². The van der Waals surface area contributed by atoms with E-state index in [1.807, 2.05) is 0 Å². The molecule has 0 spiro atoms. The Morgan fingerprint density at radius 1 is 0.643 bits per heavy atom. The molecule has 1 N–H and O–H groups in total. The first-order valence-electron chi connectivity index (χ1n) is 11.6. The minimum Gasteiger partial charge on any atom is -0.748 e. The molecule has 0 bridgehead atoms. The topological polar surface area (TPSA) is 77.4 Å². The SMILES string of the molecule is CCCCCCCCCCCCC(CCCCCCCCCO)S(=O)(=O)[O-].[K+]. The van der Waals surface area contributed by atoms with Crippen LogP contribution in [0.4, 0.5) is 0 Å². The quantitative estimate of drug-likeness (QED) is 0.167. The van der Waals surface area contributed by atoms with Gasteiger partial charge in [-0.3, -0.25) is 0 Å². The Morgan fingerprint density at radius 3 is 1.29 bits per heavy atom. The predicted octanol–water partition coefficient (Wildman–Crippen LogP) is 3.33. The van der Waals surface area contributed by atoms with E-state index in [0.29, 0.717) is 12.8 Å². The number of unbranched alkanes of at least 4 members (excludes halogenated alkanes) is 15. The number of aliphatic hydroxyl groups is 1. The maximum Gasteiger partial charge on any atom is 1.00 e. The third kappa shape index (κ3) is 22.2. The van der Waals surface area contributed by atoms with E-state index in [0.717, 1.165) is 64.2 Å². The zero-order chi connectivity index (χ0) is 20.2. The third-order valence-electron chi connectivity index (χ3n) is 5.47. The van der Waals surface area contributed by atoms with Crippen LogP contribution in [0.1, 0.15) is 129 Å². The van der Waals surface area contributed by atoms with Crippen molar-refractivity contribution in [1.82, 2.24) is 0 Å². The van der Waals surface area contributed by atoms with Gasteiger partial charge in [-0.1, -0.05) is 110 Å². The van der Waals surface area contributed by atoms with Crippen LogP contribution in [0.5, 0.6) is 0 Å². The van der Waals surface area contributed by atoms with Crippen molar-refractivity contribution in [2.75, 3.05) is 6.61 Å². The molecular formula is C22H45KO4S. The summed E-state index contributed by atoms with van der Waals surface area (Å²) >= 11 is 0. The van der Waals surface area contributed by atoms with Crippen LogP contribution in [0.15, 0.2) is 0 Å². The van der Waals surface area contributed by atoms with Crippen LogP contribution >= 0.6 is 0 Å². The van der Waals surface area contributed by atoms with Crippen molar-refractivity contribution in [1.29, 1.82) is 0 Å². The van der Waals surface area contributed by atoms with E-state index in [1.165, 1.54) is 44.9 Å². The fourth-order valence-corrected chi connectivity index (χ4v) is 4.57. The summed E-state index contributed by atoms with van der Waals surface area (Å²) < 4.78 is 34.4. The van der Waals surface area contributed by atoms with Gasteiger partial charge in [-0.2, -0.15) is 0 Å². The molecule has 0 heterocycles. The Bertz CT molecular complexity index is 401. The summed E-state index contributed by atoms with van der Waals surface area (Å²) in [5.41, 5.74) is 0. The van der Waals surface area contributed by atoms with Gasteiger partial charge in [-0.05, 0) is 19.3 Å². The summed E-state index contributed by atoms with van der Waals surface area (Å²) in [4.78, 5) is 0. The Morgan fingerprint density at radius 2 is 0.964 bits per heavy atom. The summed E-state index contributed by atoms with van der Waals surface area (Å²) in [5, 5.41) is 8.05. The third-order valence-corrected chi connectivity index (χ3v) is 6.76. The number of rotatable bonds is 21. The van der Waals surface area contributed by atoms with Crippen LogP contribution in [0, 0.1) is 0 Å². The molecule has 0 aromatic carbocycles. The van der Waals surface area contributed by atoms with Gasteiger partial charge in [0.05, 0.1) is 10.1 Å². The Labute approximate surface area is 218 Å². The zero-order valence-electron chi connectivity index (χ0n) is 18.8. The van der Waals surface area contributed by atoms with Crippen molar-refractivity contribution in [2.24, 2.45) is 0 Å². The predicted molar refractivity (Wildman–Crippen MR) is 114 cm³/mol. The number of hydrogen-bond acceptors (Lipinski definition) is 4. The van der Waals surface area contributed by atoms with Gasteiger partial charge >= 0.3 is 51.4 Å². The summed E-state index contributed by atoms with van der Waals surface area (Å²) in [6.07, 6.45) is 20.4. The van der Waals surface area contributed by atoms with Gasteiger partial charge in [-0.15, -0.1) is 0 Å². The molecule has 0 rings (SSSR count). The van der Waals surface area contributed by atoms with Gasteiger partial charge in [0.1, 0.15) is 0 Å². The molecule has 1 unspecified atom stereocenters. The molecule has 0 aromatic rings. The van der Waals surface area contributed by atoms with Crippen molar-refractivity contribution in [3.8, 4) is 0 Å². The van der Waals surface area contributed by atoms with Crippen molar-refractivity contribution in [3.05, 3.63) is 0 Å². The molecule has 0 aliphatic heterocycles. The fourth-order valence-electron chi connectivity index (χ4n) is 3.66. The molecule has 0 aliphatic rings. The van der Waals surface area contributed by atoms with Crippen molar-refractivity contribution in [3.63, 3.8) is 0 Å². The van der Waals surface area contributed by atoms with Crippen molar-refractivity contribution >= 4 is 10.1 Å². The maximum absolute atomic E-state index is 11.5. The molecule has 164 valence electrons. The monoisotopic (exact) mass is 444 g/mol. The van der Waals surface area contributed by atoms with Gasteiger partial charge in [0.25, 0.3) is 0 Å². The van der Waals surface area contributed by atoms with Crippen LogP contribution in [0.2, 0.25) is 0 Å². The summed E-state index contributed by atoms with van der Waals surface area (Å²) in [6.45, 7) is 2.50. The molecule has 0 aromatic heterocycles. The average molecular weight is 445 g/mol. The summed E-state index contributed by atoms with van der Waals surface area (Å²) in [6, 6.07) is 0. The molecule has 0 saturated carbocycles. The van der Waals surface area contributed by atoms with E-state index in [1.54, 1.807) is 0 Å². The van der Waals surface area contributed by atoms with E-state index in [2.05, 4.69) is 6.92 Å².